The van der Waals surface area contributed by atoms with Gasteiger partial charge >= 0.3 is 12.1 Å². The zero-order valence-electron chi connectivity index (χ0n) is 14.1. The van der Waals surface area contributed by atoms with Crippen molar-refractivity contribution in [2.75, 3.05) is 6.54 Å². The Morgan fingerprint density at radius 2 is 2.24 bits per heavy atom. The average molecular weight is 369 g/mol. The molecule has 3 rings (SSSR count). The van der Waals surface area contributed by atoms with E-state index in [0.717, 1.165) is 0 Å². The zero-order valence-corrected chi connectivity index (χ0v) is 14.9. The summed E-state index contributed by atoms with van der Waals surface area (Å²) in [6.45, 7) is 5.35. The molecule has 0 spiro atoms. The normalized spacial score (nSPS) is 25.3. The minimum Gasteiger partial charge on any atom is -0.479 e. The van der Waals surface area contributed by atoms with E-state index >= 15 is 0 Å². The molecule has 1 aromatic rings. The van der Waals surface area contributed by atoms with Crippen LogP contribution in [0.5, 0.6) is 0 Å². The molecule has 25 heavy (non-hydrogen) atoms. The van der Waals surface area contributed by atoms with Gasteiger partial charge in [-0.1, -0.05) is 17.0 Å². The second kappa shape index (κ2) is 5.90. The highest BCUT2D eigenvalue weighted by molar-refractivity contribution is 8.01. The van der Waals surface area contributed by atoms with Gasteiger partial charge in [-0.25, -0.2) is 14.3 Å². The number of ether oxygens (including phenoxy) is 1. The van der Waals surface area contributed by atoms with Gasteiger partial charge in [-0.05, 0) is 20.8 Å². The maximum Gasteiger partial charge on any atom is 0.407 e. The summed E-state index contributed by atoms with van der Waals surface area (Å²) in [5.74, 6) is -1.15. The number of nitrogens with zero attached hydrogens (tertiary/aromatic N) is 4. The first kappa shape index (κ1) is 17.5. The molecular weight excluding hydrogens is 350 g/mol. The number of alkyl carbamates (subject to hydrolysis) is 1. The van der Waals surface area contributed by atoms with Gasteiger partial charge in [0.15, 0.2) is 0 Å². The van der Waals surface area contributed by atoms with Gasteiger partial charge in [-0.15, -0.1) is 5.10 Å². The van der Waals surface area contributed by atoms with E-state index in [1.807, 2.05) is 0 Å². The van der Waals surface area contributed by atoms with Crippen molar-refractivity contribution >= 4 is 29.7 Å². The maximum absolute atomic E-state index is 11.8. The lowest BCUT2D eigenvalue weighted by Crippen LogP contribution is -2.49. The van der Waals surface area contributed by atoms with Gasteiger partial charge < -0.3 is 20.1 Å². The molecule has 0 saturated carbocycles. The van der Waals surface area contributed by atoms with Gasteiger partial charge in [0, 0.05) is 0 Å². The van der Waals surface area contributed by atoms with Crippen molar-refractivity contribution in [1.29, 1.82) is 0 Å². The van der Waals surface area contributed by atoms with E-state index in [0.29, 0.717) is 12.1 Å². The van der Waals surface area contributed by atoms with Crippen LogP contribution >= 0.6 is 11.8 Å². The third-order valence-corrected chi connectivity index (χ3v) is 5.36. The van der Waals surface area contributed by atoms with Gasteiger partial charge in [0.25, 0.3) is 0 Å². The molecule has 3 heterocycles. The molecule has 2 amide bonds. The van der Waals surface area contributed by atoms with Gasteiger partial charge in [-0.2, -0.15) is 0 Å². The van der Waals surface area contributed by atoms with Crippen LogP contribution < -0.4 is 5.32 Å². The van der Waals surface area contributed by atoms with E-state index in [1.54, 1.807) is 20.8 Å². The predicted molar refractivity (Wildman–Crippen MR) is 86.4 cm³/mol. The largest absolute Gasteiger partial charge is 0.479 e. The van der Waals surface area contributed by atoms with Crippen molar-refractivity contribution in [3.63, 3.8) is 0 Å². The Kier molecular flexibility index (Phi) is 4.13. The fourth-order valence-corrected chi connectivity index (χ4v) is 4.10. The van der Waals surface area contributed by atoms with Crippen LogP contribution in [0.1, 0.15) is 32.9 Å². The molecule has 0 aromatic carbocycles. The van der Waals surface area contributed by atoms with Crippen LogP contribution in [0.2, 0.25) is 0 Å². The van der Waals surface area contributed by atoms with Gasteiger partial charge in [-0.3, -0.25) is 4.79 Å². The first-order valence-corrected chi connectivity index (χ1v) is 8.58. The van der Waals surface area contributed by atoms with Crippen LogP contribution in [-0.2, 0) is 25.7 Å². The minimum atomic E-state index is -1.39. The second-order valence-corrected chi connectivity index (χ2v) is 8.35. The summed E-state index contributed by atoms with van der Waals surface area (Å²) in [6.07, 6.45) is 1.20. The van der Waals surface area contributed by atoms with Crippen molar-refractivity contribution < 1.29 is 24.2 Å². The standard InChI is InChI=1S/C14H19N5O5S/c1-13(2,3)24-12(23)15-5-8-6-19(17-16-8)14(11(21)22)7-18-9(20)4-10(18)25-14/h6,10H,4-5,7H2,1-3H3,(H,15,23)(H,21,22). The maximum atomic E-state index is 11.8. The van der Waals surface area contributed by atoms with Crippen LogP contribution in [0, 0.1) is 0 Å². The van der Waals surface area contributed by atoms with Crippen LogP contribution in [0.4, 0.5) is 4.79 Å². The summed E-state index contributed by atoms with van der Waals surface area (Å²) in [7, 11) is 0. The van der Waals surface area contributed by atoms with Crippen LogP contribution in [0.25, 0.3) is 0 Å². The molecule has 0 radical (unpaired) electrons. The number of carbonyl (C=O) groups is 3. The summed E-state index contributed by atoms with van der Waals surface area (Å²) < 4.78 is 6.37. The molecule has 2 atom stereocenters. The lowest BCUT2D eigenvalue weighted by atomic mass is 10.1. The Bertz CT molecular complexity index is 729. The molecular formula is C14H19N5O5S. The van der Waals surface area contributed by atoms with E-state index in [-0.39, 0.29) is 24.4 Å². The van der Waals surface area contributed by atoms with Gasteiger partial charge in [0.1, 0.15) is 11.3 Å². The number of aliphatic carboxylic acids is 1. The fraction of sp³-hybridized carbons (Fsp3) is 0.643. The number of carboxylic acid groups (broad SMARTS) is 1. The summed E-state index contributed by atoms with van der Waals surface area (Å²) in [4.78, 5) is 35.2. The number of hydrogen-bond donors (Lipinski definition) is 2. The van der Waals surface area contributed by atoms with Crippen molar-refractivity contribution in [2.24, 2.45) is 0 Å². The molecule has 0 aliphatic carbocycles. The summed E-state index contributed by atoms with van der Waals surface area (Å²) in [5, 5.41) is 19.9. The number of β-lactam (4-membered cyclic amide) rings is 1. The van der Waals surface area contributed by atoms with Crippen molar-refractivity contribution in [3.8, 4) is 0 Å². The number of rotatable bonds is 4. The number of fused-ring (bicyclic) bond motifs is 1. The highest BCUT2D eigenvalue weighted by Gasteiger charge is 2.58. The summed E-state index contributed by atoms with van der Waals surface area (Å²) in [5.41, 5.74) is -0.219. The Hall–Kier alpha value is -2.30. The molecule has 2 fully saturated rings. The van der Waals surface area contributed by atoms with Crippen molar-refractivity contribution in [1.82, 2.24) is 25.2 Å². The number of nitrogens with one attached hydrogen (secondary N) is 1. The van der Waals surface area contributed by atoms with E-state index in [4.69, 9.17) is 4.74 Å². The Balaban J connectivity index is 1.69. The average Bonchev–Trinajstić information content (AvgIpc) is 3.06. The van der Waals surface area contributed by atoms with Crippen molar-refractivity contribution in [2.45, 2.75) is 49.6 Å². The summed E-state index contributed by atoms with van der Waals surface area (Å²) >= 11 is 1.17. The molecule has 2 saturated heterocycles. The highest BCUT2D eigenvalue weighted by atomic mass is 32.2. The van der Waals surface area contributed by atoms with Crippen molar-refractivity contribution in [3.05, 3.63) is 11.9 Å². The monoisotopic (exact) mass is 369 g/mol. The van der Waals surface area contributed by atoms with E-state index in [9.17, 15) is 19.5 Å². The zero-order chi connectivity index (χ0) is 18.4. The predicted octanol–water partition coefficient (Wildman–Crippen LogP) is 0.345. The minimum absolute atomic E-state index is 0.0405. The Labute approximate surface area is 147 Å². The van der Waals surface area contributed by atoms with E-state index < -0.39 is 22.5 Å². The summed E-state index contributed by atoms with van der Waals surface area (Å²) in [6, 6.07) is 0. The van der Waals surface area contributed by atoms with Crippen LogP contribution in [-0.4, -0.2) is 60.5 Å². The first-order chi connectivity index (χ1) is 11.6. The number of carbonyl (C=O) groups excluding carboxylic acids is 2. The third kappa shape index (κ3) is 3.28. The number of thioether (sulfide) groups is 1. The first-order valence-electron chi connectivity index (χ1n) is 7.70. The number of hydrogen-bond acceptors (Lipinski definition) is 7. The molecule has 2 aliphatic heterocycles. The van der Waals surface area contributed by atoms with E-state index in [1.165, 1.54) is 27.5 Å². The van der Waals surface area contributed by atoms with Crippen LogP contribution in [0.15, 0.2) is 6.20 Å². The lowest BCUT2D eigenvalue weighted by molar-refractivity contribution is -0.146. The highest BCUT2D eigenvalue weighted by Crippen LogP contribution is 2.49. The molecule has 1 aromatic heterocycles. The Morgan fingerprint density at radius 3 is 2.80 bits per heavy atom. The van der Waals surface area contributed by atoms with E-state index in [2.05, 4.69) is 15.6 Å². The fourth-order valence-electron chi connectivity index (χ4n) is 2.59. The molecule has 136 valence electrons. The molecule has 11 heteroatoms. The smallest absolute Gasteiger partial charge is 0.407 e. The molecule has 2 unspecified atom stereocenters. The Morgan fingerprint density at radius 1 is 1.52 bits per heavy atom. The SMILES string of the molecule is CC(C)(C)OC(=O)NCc1cn(C2(C(=O)O)CN3C(=O)CC3S2)nn1. The van der Waals surface area contributed by atoms with Gasteiger partial charge in [0.05, 0.1) is 31.1 Å². The molecule has 10 nitrogen and oxygen atoms in total. The number of aromatic nitrogens is 3. The number of amides is 2. The number of carboxylic acids is 1. The lowest BCUT2D eigenvalue weighted by Gasteiger charge is -2.32. The molecule has 0 bridgehead atoms. The van der Waals surface area contributed by atoms with Gasteiger partial charge in [0.2, 0.25) is 10.8 Å². The second-order valence-electron chi connectivity index (χ2n) is 6.90. The van der Waals surface area contributed by atoms with Crippen LogP contribution in [0.3, 0.4) is 0 Å². The third-order valence-electron chi connectivity index (χ3n) is 3.79. The molecule has 2 N–H and O–H groups in total. The topological polar surface area (TPSA) is 127 Å². The quantitative estimate of drug-likeness (QED) is 0.728. The molecule has 2 aliphatic rings.